The summed E-state index contributed by atoms with van der Waals surface area (Å²) in [6.07, 6.45) is 5.55. The molecule has 1 atom stereocenters. The van der Waals surface area contributed by atoms with Crippen molar-refractivity contribution in [3.05, 3.63) is 78.9 Å². The van der Waals surface area contributed by atoms with Crippen LogP contribution in [0.5, 0.6) is 0 Å². The van der Waals surface area contributed by atoms with Crippen LogP contribution in [0.2, 0.25) is 0 Å². The molecule has 0 spiro atoms. The highest BCUT2D eigenvalue weighted by Gasteiger charge is 2.10. The number of benzene rings is 2. The van der Waals surface area contributed by atoms with Crippen molar-refractivity contribution in [1.82, 2.24) is 20.2 Å². The minimum absolute atomic E-state index is 0.119. The minimum atomic E-state index is -0.331. The van der Waals surface area contributed by atoms with E-state index in [0.29, 0.717) is 5.69 Å². The van der Waals surface area contributed by atoms with E-state index in [1.807, 2.05) is 60.2 Å². The van der Waals surface area contributed by atoms with Crippen LogP contribution in [-0.2, 0) is 4.79 Å². The third-order valence-corrected chi connectivity index (χ3v) is 4.24. The molecule has 3 aromatic rings. The van der Waals surface area contributed by atoms with E-state index in [1.54, 1.807) is 24.7 Å². The van der Waals surface area contributed by atoms with Crippen molar-refractivity contribution in [2.24, 2.45) is 0 Å². The molecule has 1 unspecified atom stereocenters. The standard InChI is InChI=1S/C21H23N5O2/c1-16(17-7-9-19(10-8-17)26-14-13-22-15-26)24-20(27)11-12-23-21(28)25-18-5-3-2-4-6-18/h2-10,13-16H,11-12H2,1H3,(H,24,27)(H2,23,25,28). The molecule has 3 amide bonds. The molecule has 7 heteroatoms. The number of imidazole rings is 1. The Labute approximate surface area is 163 Å². The lowest BCUT2D eigenvalue weighted by molar-refractivity contribution is -0.121. The van der Waals surface area contributed by atoms with E-state index in [4.69, 9.17) is 0 Å². The number of carbonyl (C=O) groups excluding carboxylic acids is 2. The number of rotatable bonds is 7. The summed E-state index contributed by atoms with van der Waals surface area (Å²) in [4.78, 5) is 28.0. The van der Waals surface area contributed by atoms with Gasteiger partial charge < -0.3 is 20.5 Å². The van der Waals surface area contributed by atoms with Crippen LogP contribution >= 0.6 is 0 Å². The second-order valence-electron chi connectivity index (χ2n) is 6.35. The average Bonchev–Trinajstić information content (AvgIpc) is 3.23. The van der Waals surface area contributed by atoms with E-state index in [9.17, 15) is 9.59 Å². The summed E-state index contributed by atoms with van der Waals surface area (Å²) >= 11 is 0. The van der Waals surface area contributed by atoms with Gasteiger partial charge in [-0.15, -0.1) is 0 Å². The first-order chi connectivity index (χ1) is 13.6. The minimum Gasteiger partial charge on any atom is -0.350 e. The second kappa shape index (κ2) is 9.36. The smallest absolute Gasteiger partial charge is 0.319 e. The second-order valence-corrected chi connectivity index (χ2v) is 6.35. The maximum atomic E-state index is 12.1. The van der Waals surface area contributed by atoms with Gasteiger partial charge in [0, 0.05) is 36.7 Å². The van der Waals surface area contributed by atoms with Crippen molar-refractivity contribution in [1.29, 1.82) is 0 Å². The zero-order valence-corrected chi connectivity index (χ0v) is 15.6. The van der Waals surface area contributed by atoms with Gasteiger partial charge in [0.05, 0.1) is 12.4 Å². The zero-order valence-electron chi connectivity index (χ0n) is 15.6. The van der Waals surface area contributed by atoms with Crippen LogP contribution < -0.4 is 16.0 Å². The van der Waals surface area contributed by atoms with Crippen molar-refractivity contribution < 1.29 is 9.59 Å². The van der Waals surface area contributed by atoms with Crippen LogP contribution in [-0.4, -0.2) is 28.0 Å². The number of urea groups is 1. The highest BCUT2D eigenvalue weighted by molar-refractivity contribution is 5.89. The van der Waals surface area contributed by atoms with Crippen LogP contribution in [0, 0.1) is 0 Å². The Morgan fingerprint density at radius 3 is 2.50 bits per heavy atom. The predicted octanol–water partition coefficient (Wildman–Crippen LogP) is 3.26. The largest absolute Gasteiger partial charge is 0.350 e. The Hall–Kier alpha value is -3.61. The summed E-state index contributed by atoms with van der Waals surface area (Å²) in [5.41, 5.74) is 2.72. The lowest BCUT2D eigenvalue weighted by Crippen LogP contribution is -2.34. The van der Waals surface area contributed by atoms with Crippen LogP contribution in [0.1, 0.15) is 24.9 Å². The first kappa shape index (κ1) is 19.2. The number of aromatic nitrogens is 2. The summed E-state index contributed by atoms with van der Waals surface area (Å²) < 4.78 is 1.92. The fourth-order valence-corrected chi connectivity index (χ4v) is 2.73. The van der Waals surface area contributed by atoms with Crippen LogP contribution in [0.4, 0.5) is 10.5 Å². The molecule has 0 bridgehead atoms. The number of nitrogens with one attached hydrogen (secondary N) is 3. The molecule has 1 heterocycles. The molecule has 0 aliphatic rings. The average molecular weight is 377 g/mol. The van der Waals surface area contributed by atoms with Crippen LogP contribution in [0.25, 0.3) is 5.69 Å². The molecule has 7 nitrogen and oxygen atoms in total. The van der Waals surface area contributed by atoms with Crippen molar-refractivity contribution in [3.63, 3.8) is 0 Å². The number of carbonyl (C=O) groups is 2. The highest BCUT2D eigenvalue weighted by Crippen LogP contribution is 2.15. The van der Waals surface area contributed by atoms with Gasteiger partial charge >= 0.3 is 6.03 Å². The van der Waals surface area contributed by atoms with Gasteiger partial charge in [-0.05, 0) is 36.8 Å². The predicted molar refractivity (Wildman–Crippen MR) is 108 cm³/mol. The van der Waals surface area contributed by atoms with Crippen molar-refractivity contribution in [2.45, 2.75) is 19.4 Å². The van der Waals surface area contributed by atoms with Gasteiger partial charge in [-0.25, -0.2) is 9.78 Å². The Bertz CT molecular complexity index is 892. The topological polar surface area (TPSA) is 88.0 Å². The van der Waals surface area contributed by atoms with Gasteiger partial charge in [0.15, 0.2) is 0 Å². The molecule has 28 heavy (non-hydrogen) atoms. The summed E-state index contributed by atoms with van der Waals surface area (Å²) in [7, 11) is 0. The Balaban J connectivity index is 1.41. The maximum Gasteiger partial charge on any atom is 0.319 e. The fourth-order valence-electron chi connectivity index (χ4n) is 2.73. The summed E-state index contributed by atoms with van der Waals surface area (Å²) in [5.74, 6) is -0.119. The lowest BCUT2D eigenvalue weighted by atomic mass is 10.1. The molecule has 2 aromatic carbocycles. The van der Waals surface area contributed by atoms with E-state index in [1.165, 1.54) is 0 Å². The Morgan fingerprint density at radius 1 is 1.07 bits per heavy atom. The van der Waals surface area contributed by atoms with Crippen LogP contribution in [0.15, 0.2) is 73.3 Å². The van der Waals surface area contributed by atoms with Gasteiger partial charge in [-0.1, -0.05) is 30.3 Å². The number of anilines is 1. The SMILES string of the molecule is CC(NC(=O)CCNC(=O)Nc1ccccc1)c1ccc(-n2ccnc2)cc1. The molecule has 0 aliphatic carbocycles. The number of amides is 3. The fraction of sp³-hybridized carbons (Fsp3) is 0.190. The highest BCUT2D eigenvalue weighted by atomic mass is 16.2. The van der Waals surface area contributed by atoms with Crippen molar-refractivity contribution in [2.75, 3.05) is 11.9 Å². The van der Waals surface area contributed by atoms with E-state index in [-0.39, 0.29) is 30.9 Å². The van der Waals surface area contributed by atoms with E-state index >= 15 is 0 Å². The molecule has 144 valence electrons. The van der Waals surface area contributed by atoms with Crippen LogP contribution in [0.3, 0.4) is 0 Å². The molecule has 0 fully saturated rings. The van der Waals surface area contributed by atoms with E-state index in [2.05, 4.69) is 20.9 Å². The van der Waals surface area contributed by atoms with Crippen molar-refractivity contribution >= 4 is 17.6 Å². The number of hydrogen-bond acceptors (Lipinski definition) is 3. The summed E-state index contributed by atoms with van der Waals surface area (Å²) in [6, 6.07) is 16.6. The number of para-hydroxylation sites is 1. The Kier molecular flexibility index (Phi) is 6.41. The molecule has 0 saturated carbocycles. The number of nitrogens with zero attached hydrogens (tertiary/aromatic N) is 2. The quantitative estimate of drug-likeness (QED) is 0.590. The van der Waals surface area contributed by atoms with E-state index < -0.39 is 0 Å². The Morgan fingerprint density at radius 2 is 1.82 bits per heavy atom. The summed E-state index contributed by atoms with van der Waals surface area (Å²) in [5, 5.41) is 8.33. The molecule has 0 saturated heterocycles. The lowest BCUT2D eigenvalue weighted by Gasteiger charge is -2.15. The molecular formula is C21H23N5O2. The molecule has 0 aliphatic heterocycles. The zero-order chi connectivity index (χ0) is 19.8. The molecule has 1 aromatic heterocycles. The molecule has 0 radical (unpaired) electrons. The molecular weight excluding hydrogens is 354 g/mol. The van der Waals surface area contributed by atoms with E-state index in [0.717, 1.165) is 11.3 Å². The maximum absolute atomic E-state index is 12.1. The van der Waals surface area contributed by atoms with Crippen molar-refractivity contribution in [3.8, 4) is 5.69 Å². The first-order valence-electron chi connectivity index (χ1n) is 9.09. The number of hydrogen-bond donors (Lipinski definition) is 3. The molecule has 3 rings (SSSR count). The molecule has 3 N–H and O–H groups in total. The monoisotopic (exact) mass is 377 g/mol. The van der Waals surface area contributed by atoms with Gasteiger partial charge in [-0.3, -0.25) is 4.79 Å². The van der Waals surface area contributed by atoms with Gasteiger partial charge in [0.1, 0.15) is 0 Å². The third-order valence-electron chi connectivity index (χ3n) is 4.24. The van der Waals surface area contributed by atoms with Gasteiger partial charge in [0.2, 0.25) is 5.91 Å². The normalized spacial score (nSPS) is 11.5. The first-order valence-corrected chi connectivity index (χ1v) is 9.09. The van der Waals surface area contributed by atoms with Gasteiger partial charge in [0.25, 0.3) is 0 Å². The third kappa shape index (κ3) is 5.44. The summed E-state index contributed by atoms with van der Waals surface area (Å²) in [6.45, 7) is 2.19. The van der Waals surface area contributed by atoms with Gasteiger partial charge in [-0.2, -0.15) is 0 Å².